The molecule has 2 bridgehead atoms. The Labute approximate surface area is 138 Å². The molecule has 0 N–H and O–H groups in total. The molecule has 3 saturated heterocycles. The number of hydrogen-bond donors (Lipinski definition) is 0. The van der Waals surface area contributed by atoms with Crippen molar-refractivity contribution < 1.29 is 9.59 Å². The van der Waals surface area contributed by atoms with Crippen molar-refractivity contribution in [1.29, 1.82) is 5.26 Å². The lowest BCUT2D eigenvalue weighted by Crippen LogP contribution is -2.60. The highest BCUT2D eigenvalue weighted by Crippen LogP contribution is 2.69. The van der Waals surface area contributed by atoms with Crippen molar-refractivity contribution in [3.05, 3.63) is 30.1 Å². The molecule has 1 aromatic heterocycles. The Bertz CT molecular complexity index is 778. The summed E-state index contributed by atoms with van der Waals surface area (Å²) in [5.74, 6) is -0.185. The molecule has 0 saturated carbocycles. The van der Waals surface area contributed by atoms with Gasteiger partial charge in [-0.25, -0.2) is 0 Å². The summed E-state index contributed by atoms with van der Waals surface area (Å²) in [6.07, 6.45) is 3.68. The largest absolute Gasteiger partial charge is 0.320 e. The van der Waals surface area contributed by atoms with Crippen molar-refractivity contribution in [3.63, 3.8) is 0 Å². The quantitative estimate of drug-likeness (QED) is 0.781. The summed E-state index contributed by atoms with van der Waals surface area (Å²) in [4.78, 5) is 31.4. The molecule has 6 nitrogen and oxygen atoms in total. The van der Waals surface area contributed by atoms with E-state index < -0.39 is 21.2 Å². The summed E-state index contributed by atoms with van der Waals surface area (Å²) in [5.41, 5.74) is -0.0256. The second kappa shape index (κ2) is 4.06. The number of carbonyl (C=O) groups excluding carboxylic acids is 2. The van der Waals surface area contributed by atoms with Crippen molar-refractivity contribution >= 4 is 23.6 Å². The molecule has 1 aromatic rings. The van der Waals surface area contributed by atoms with Crippen LogP contribution in [0.15, 0.2) is 24.5 Å². The number of thioether (sulfide) groups is 1. The first-order chi connectivity index (χ1) is 10.8. The van der Waals surface area contributed by atoms with E-state index in [-0.39, 0.29) is 11.8 Å². The van der Waals surface area contributed by atoms with Crippen molar-refractivity contribution in [3.8, 4) is 6.07 Å². The van der Waals surface area contributed by atoms with Crippen LogP contribution in [0.5, 0.6) is 0 Å². The van der Waals surface area contributed by atoms with Gasteiger partial charge in [0, 0.05) is 25.9 Å². The van der Waals surface area contributed by atoms with Gasteiger partial charge >= 0.3 is 0 Å². The summed E-state index contributed by atoms with van der Waals surface area (Å²) < 4.78 is 0. The topological polar surface area (TPSA) is 77.3 Å². The number of nitriles is 1. The summed E-state index contributed by atoms with van der Waals surface area (Å²) in [7, 11) is 1.67. The number of aromatic nitrogens is 1. The molecule has 23 heavy (non-hydrogen) atoms. The molecule has 118 valence electrons. The van der Waals surface area contributed by atoms with Crippen LogP contribution in [-0.4, -0.2) is 43.4 Å². The van der Waals surface area contributed by atoms with E-state index in [4.69, 9.17) is 0 Å². The Morgan fingerprint density at radius 3 is 2.74 bits per heavy atom. The van der Waals surface area contributed by atoms with Gasteiger partial charge in [0.25, 0.3) is 11.8 Å². The number of amides is 2. The molecule has 0 unspecified atom stereocenters. The van der Waals surface area contributed by atoms with E-state index >= 15 is 0 Å². The van der Waals surface area contributed by atoms with E-state index in [0.29, 0.717) is 6.42 Å². The minimum absolute atomic E-state index is 0.0857. The molecule has 1 spiro atoms. The predicted octanol–water partition coefficient (Wildman–Crippen LogP) is 1.52. The highest BCUT2D eigenvalue weighted by atomic mass is 32.2. The first kappa shape index (κ1) is 14.5. The summed E-state index contributed by atoms with van der Waals surface area (Å²) >= 11 is 1.37. The highest BCUT2D eigenvalue weighted by molar-refractivity contribution is 8.04. The molecule has 0 radical (unpaired) electrons. The molecule has 4 heterocycles. The van der Waals surface area contributed by atoms with Gasteiger partial charge in [-0.2, -0.15) is 5.26 Å². The van der Waals surface area contributed by atoms with Crippen LogP contribution in [0.1, 0.15) is 31.9 Å². The van der Waals surface area contributed by atoms with Crippen LogP contribution in [0.3, 0.4) is 0 Å². The minimum atomic E-state index is -0.967. The van der Waals surface area contributed by atoms with Crippen molar-refractivity contribution in [2.75, 3.05) is 7.05 Å². The molecule has 0 aliphatic carbocycles. The SMILES string of the molecule is CN1C(=O)[C@@]23C[C@](C)(C#N)[C@H](c4cccnc4)N2C(=O)[C@]1(C)S3. The number of piperazine rings is 1. The van der Waals surface area contributed by atoms with Gasteiger partial charge in [0.05, 0.1) is 17.5 Å². The van der Waals surface area contributed by atoms with Crippen LogP contribution >= 0.6 is 11.8 Å². The van der Waals surface area contributed by atoms with E-state index in [0.717, 1.165) is 5.56 Å². The molecule has 4 atom stereocenters. The van der Waals surface area contributed by atoms with Gasteiger partial charge in [-0.15, -0.1) is 0 Å². The molecule has 3 aliphatic heterocycles. The first-order valence-corrected chi connectivity index (χ1v) is 8.25. The van der Waals surface area contributed by atoms with Gasteiger partial charge in [-0.3, -0.25) is 14.6 Å². The second-order valence-electron chi connectivity index (χ2n) is 6.80. The van der Waals surface area contributed by atoms with Crippen LogP contribution in [0.2, 0.25) is 0 Å². The molecule has 0 aromatic carbocycles. The Morgan fingerprint density at radius 2 is 2.13 bits per heavy atom. The number of fused-ring (bicyclic) bond motifs is 1. The smallest absolute Gasteiger partial charge is 0.261 e. The van der Waals surface area contributed by atoms with E-state index in [2.05, 4.69) is 11.1 Å². The predicted molar refractivity (Wildman–Crippen MR) is 83.7 cm³/mol. The Morgan fingerprint density at radius 1 is 1.39 bits per heavy atom. The molecule has 2 amide bonds. The normalized spacial score (nSPS) is 41.4. The lowest BCUT2D eigenvalue weighted by Gasteiger charge is -2.39. The zero-order valence-electron chi connectivity index (χ0n) is 13.1. The standard InChI is InChI=1S/C16H16N4O2S/c1-14(9-17)8-16-13(22)19(3)15(2,23-16)12(21)20(16)11(14)10-5-4-6-18-7-10/h4-7,11H,8H2,1-3H3/t11-,14+,15-,16-/m0/s1. The maximum Gasteiger partial charge on any atom is 0.261 e. The average Bonchev–Trinajstić information content (AvgIpc) is 3.01. The molecule has 3 fully saturated rings. The molecular formula is C16H16N4O2S. The van der Waals surface area contributed by atoms with Gasteiger partial charge in [-0.05, 0) is 25.5 Å². The Balaban J connectivity index is 1.94. The van der Waals surface area contributed by atoms with Crippen LogP contribution < -0.4 is 0 Å². The number of pyridine rings is 1. The maximum atomic E-state index is 13.1. The molecular weight excluding hydrogens is 312 g/mol. The fourth-order valence-electron chi connectivity index (χ4n) is 4.18. The van der Waals surface area contributed by atoms with Crippen molar-refractivity contribution in [2.45, 2.75) is 36.1 Å². The van der Waals surface area contributed by atoms with Crippen LogP contribution in [-0.2, 0) is 9.59 Å². The van der Waals surface area contributed by atoms with E-state index in [1.54, 1.807) is 37.3 Å². The lowest BCUT2D eigenvalue weighted by atomic mass is 9.80. The van der Waals surface area contributed by atoms with Gasteiger partial charge < -0.3 is 9.80 Å². The third-order valence-corrected chi connectivity index (χ3v) is 7.07. The number of nitrogens with zero attached hydrogens (tertiary/aromatic N) is 4. The van der Waals surface area contributed by atoms with E-state index in [1.807, 2.05) is 13.0 Å². The fraction of sp³-hybridized carbons (Fsp3) is 0.500. The second-order valence-corrected chi connectivity index (χ2v) is 8.48. The number of likely N-dealkylation sites (N-methyl/N-ethyl adjacent to an activating group) is 1. The Hall–Kier alpha value is -2.07. The summed E-state index contributed by atoms with van der Waals surface area (Å²) in [5, 5.41) is 9.80. The van der Waals surface area contributed by atoms with Gasteiger partial charge in [0.15, 0.2) is 9.74 Å². The molecule has 4 rings (SSSR count). The average molecular weight is 328 g/mol. The third kappa shape index (κ3) is 1.43. The summed E-state index contributed by atoms with van der Waals surface area (Å²) in [6, 6.07) is 5.56. The van der Waals surface area contributed by atoms with Crippen molar-refractivity contribution in [1.82, 2.24) is 14.8 Å². The van der Waals surface area contributed by atoms with Gasteiger partial charge in [0.2, 0.25) is 0 Å². The number of rotatable bonds is 1. The monoisotopic (exact) mass is 328 g/mol. The van der Waals surface area contributed by atoms with E-state index in [1.165, 1.54) is 16.7 Å². The maximum absolute atomic E-state index is 13.1. The van der Waals surface area contributed by atoms with Crippen LogP contribution in [0, 0.1) is 16.7 Å². The van der Waals surface area contributed by atoms with E-state index in [9.17, 15) is 14.9 Å². The fourth-order valence-corrected chi connectivity index (χ4v) is 6.13. The molecule has 7 heteroatoms. The third-order valence-electron chi connectivity index (χ3n) is 5.38. The van der Waals surface area contributed by atoms with Crippen molar-refractivity contribution in [2.24, 2.45) is 5.41 Å². The zero-order valence-corrected chi connectivity index (χ0v) is 13.9. The van der Waals surface area contributed by atoms with Gasteiger partial charge in [-0.1, -0.05) is 17.8 Å². The van der Waals surface area contributed by atoms with Crippen LogP contribution in [0.25, 0.3) is 0 Å². The first-order valence-electron chi connectivity index (χ1n) is 7.43. The highest BCUT2D eigenvalue weighted by Gasteiger charge is 2.78. The van der Waals surface area contributed by atoms with Crippen LogP contribution in [0.4, 0.5) is 0 Å². The number of hydrogen-bond acceptors (Lipinski definition) is 5. The minimum Gasteiger partial charge on any atom is -0.320 e. The lowest BCUT2D eigenvalue weighted by molar-refractivity contribution is -0.159. The summed E-state index contributed by atoms with van der Waals surface area (Å²) in [6.45, 7) is 3.61. The number of carbonyl (C=O) groups is 2. The molecule has 3 aliphatic rings. The Kier molecular flexibility index (Phi) is 2.56. The zero-order chi connectivity index (χ0) is 16.6. The van der Waals surface area contributed by atoms with Gasteiger partial charge in [0.1, 0.15) is 0 Å².